The van der Waals surface area contributed by atoms with Gasteiger partial charge in [-0.25, -0.2) is 9.97 Å². The van der Waals surface area contributed by atoms with Crippen molar-refractivity contribution in [3.05, 3.63) is 72.7 Å². The highest BCUT2D eigenvalue weighted by Gasteiger charge is 2.17. The van der Waals surface area contributed by atoms with Crippen molar-refractivity contribution in [1.82, 2.24) is 30.2 Å². The summed E-state index contributed by atoms with van der Waals surface area (Å²) in [6.07, 6.45) is 1.77. The summed E-state index contributed by atoms with van der Waals surface area (Å²) in [5.41, 5.74) is 3.49. The number of para-hydroxylation sites is 1. The monoisotopic (exact) mass is 314 g/mol. The van der Waals surface area contributed by atoms with Crippen LogP contribution in [-0.2, 0) is 0 Å². The Kier molecular flexibility index (Phi) is 3.55. The van der Waals surface area contributed by atoms with Crippen LogP contribution in [0.2, 0.25) is 0 Å². The molecule has 0 fully saturated rings. The van der Waals surface area contributed by atoms with Crippen molar-refractivity contribution < 1.29 is 0 Å². The van der Waals surface area contributed by atoms with Crippen molar-refractivity contribution in [2.45, 2.75) is 6.92 Å². The van der Waals surface area contributed by atoms with Gasteiger partial charge in [0, 0.05) is 11.8 Å². The molecule has 2 aromatic heterocycles. The van der Waals surface area contributed by atoms with E-state index in [0.717, 1.165) is 22.5 Å². The number of hydrogen-bond donors (Lipinski definition) is 0. The van der Waals surface area contributed by atoms with Gasteiger partial charge in [-0.2, -0.15) is 4.68 Å². The van der Waals surface area contributed by atoms with Crippen LogP contribution >= 0.6 is 0 Å². The number of rotatable bonds is 3. The number of tetrazole rings is 1. The van der Waals surface area contributed by atoms with Crippen molar-refractivity contribution in [3.8, 4) is 28.3 Å². The van der Waals surface area contributed by atoms with Crippen LogP contribution in [0, 0.1) is 6.92 Å². The first-order valence-electron chi connectivity index (χ1n) is 7.56. The minimum atomic E-state index is 0.611. The molecule has 0 bridgehead atoms. The number of aromatic nitrogens is 6. The van der Waals surface area contributed by atoms with Gasteiger partial charge >= 0.3 is 0 Å². The zero-order chi connectivity index (χ0) is 16.4. The highest BCUT2D eigenvalue weighted by Crippen LogP contribution is 2.29. The Balaban J connectivity index is 1.92. The smallest absolute Gasteiger partial charge is 0.190 e. The molecular formula is C18H14N6. The van der Waals surface area contributed by atoms with E-state index in [1.165, 1.54) is 0 Å². The third-order valence-corrected chi connectivity index (χ3v) is 3.67. The molecule has 116 valence electrons. The van der Waals surface area contributed by atoms with E-state index in [2.05, 4.69) is 25.5 Å². The van der Waals surface area contributed by atoms with Crippen LogP contribution in [0.5, 0.6) is 0 Å². The summed E-state index contributed by atoms with van der Waals surface area (Å²) in [5.74, 6) is 1.32. The van der Waals surface area contributed by atoms with Gasteiger partial charge < -0.3 is 0 Å². The van der Waals surface area contributed by atoms with Gasteiger partial charge in [-0.3, -0.25) is 0 Å². The predicted octanol–water partition coefficient (Wildman–Crippen LogP) is 3.09. The molecule has 0 radical (unpaired) electrons. The maximum atomic E-state index is 4.61. The molecule has 0 saturated carbocycles. The van der Waals surface area contributed by atoms with Gasteiger partial charge in [0.15, 0.2) is 5.82 Å². The average Bonchev–Trinajstić information content (AvgIpc) is 3.13. The van der Waals surface area contributed by atoms with Crippen LogP contribution in [0.15, 0.2) is 66.9 Å². The first-order chi connectivity index (χ1) is 11.8. The summed E-state index contributed by atoms with van der Waals surface area (Å²) < 4.78 is 1.69. The number of aryl methyl sites for hydroxylation is 1. The van der Waals surface area contributed by atoms with E-state index in [-0.39, 0.29) is 0 Å². The molecule has 0 amide bonds. The minimum absolute atomic E-state index is 0.611. The Hall–Kier alpha value is -3.41. The van der Waals surface area contributed by atoms with Gasteiger partial charge in [0.1, 0.15) is 5.82 Å². The standard InChI is InChI=1S/C18H14N6/c1-13-19-12-16(17(20-13)14-8-4-2-5-9-14)18-21-22-23-24(18)15-10-6-3-7-11-15/h2-12H,1H3. The van der Waals surface area contributed by atoms with Gasteiger partial charge in [-0.1, -0.05) is 48.5 Å². The first-order valence-corrected chi connectivity index (χ1v) is 7.56. The molecule has 0 unspecified atom stereocenters. The number of hydrogen-bond acceptors (Lipinski definition) is 5. The summed E-state index contributed by atoms with van der Waals surface area (Å²) in [6, 6.07) is 19.7. The Labute approximate surface area is 138 Å². The van der Waals surface area contributed by atoms with Crippen LogP contribution in [0.3, 0.4) is 0 Å². The third kappa shape index (κ3) is 2.54. The fourth-order valence-electron chi connectivity index (χ4n) is 2.55. The third-order valence-electron chi connectivity index (χ3n) is 3.67. The van der Waals surface area contributed by atoms with Crippen molar-refractivity contribution in [3.63, 3.8) is 0 Å². The largest absolute Gasteiger partial charge is 0.241 e. The molecule has 4 aromatic rings. The fourth-order valence-corrected chi connectivity index (χ4v) is 2.55. The molecule has 2 aromatic carbocycles. The van der Waals surface area contributed by atoms with Crippen molar-refractivity contribution in [2.24, 2.45) is 0 Å². The topological polar surface area (TPSA) is 69.4 Å². The van der Waals surface area contributed by atoms with Crippen LogP contribution in [-0.4, -0.2) is 30.2 Å². The molecule has 24 heavy (non-hydrogen) atoms. The SMILES string of the molecule is Cc1ncc(-c2nnnn2-c2ccccc2)c(-c2ccccc2)n1. The van der Waals surface area contributed by atoms with Gasteiger partial charge in [0.05, 0.1) is 16.9 Å². The van der Waals surface area contributed by atoms with Gasteiger partial charge in [0.25, 0.3) is 0 Å². The lowest BCUT2D eigenvalue weighted by Gasteiger charge is -2.09. The second kappa shape index (κ2) is 6.00. The van der Waals surface area contributed by atoms with Crippen molar-refractivity contribution in [1.29, 1.82) is 0 Å². The molecule has 4 rings (SSSR count). The maximum absolute atomic E-state index is 4.61. The molecule has 0 spiro atoms. The molecule has 0 aliphatic carbocycles. The van der Waals surface area contributed by atoms with Crippen LogP contribution in [0.1, 0.15) is 5.82 Å². The molecule has 0 atom stereocenters. The Morgan fingerprint density at radius 1 is 0.875 bits per heavy atom. The van der Waals surface area contributed by atoms with E-state index in [9.17, 15) is 0 Å². The fraction of sp³-hybridized carbons (Fsp3) is 0.0556. The number of benzene rings is 2. The zero-order valence-electron chi connectivity index (χ0n) is 13.0. The molecule has 0 aliphatic heterocycles. The van der Waals surface area contributed by atoms with Gasteiger partial charge in [-0.15, -0.1) is 5.10 Å². The lowest BCUT2D eigenvalue weighted by molar-refractivity contribution is 0.791. The molecule has 6 nitrogen and oxygen atoms in total. The Morgan fingerprint density at radius 3 is 2.33 bits per heavy atom. The van der Waals surface area contributed by atoms with E-state index in [0.29, 0.717) is 11.6 Å². The lowest BCUT2D eigenvalue weighted by atomic mass is 10.1. The Bertz CT molecular complexity index is 963. The van der Waals surface area contributed by atoms with E-state index in [4.69, 9.17) is 0 Å². The minimum Gasteiger partial charge on any atom is -0.241 e. The lowest BCUT2D eigenvalue weighted by Crippen LogP contribution is -2.03. The van der Waals surface area contributed by atoms with E-state index < -0.39 is 0 Å². The predicted molar refractivity (Wildman–Crippen MR) is 90.4 cm³/mol. The molecule has 0 saturated heterocycles. The maximum Gasteiger partial charge on any atom is 0.190 e. The highest BCUT2D eigenvalue weighted by atomic mass is 15.5. The quantitative estimate of drug-likeness (QED) is 0.581. The van der Waals surface area contributed by atoms with E-state index in [1.807, 2.05) is 67.6 Å². The van der Waals surface area contributed by atoms with Crippen LogP contribution in [0.4, 0.5) is 0 Å². The first kappa shape index (κ1) is 14.2. The molecular weight excluding hydrogens is 300 g/mol. The molecule has 0 aliphatic rings. The van der Waals surface area contributed by atoms with Gasteiger partial charge in [0.2, 0.25) is 0 Å². The van der Waals surface area contributed by atoms with Crippen molar-refractivity contribution in [2.75, 3.05) is 0 Å². The van der Waals surface area contributed by atoms with Crippen molar-refractivity contribution >= 4 is 0 Å². The second-order valence-electron chi connectivity index (χ2n) is 5.30. The van der Waals surface area contributed by atoms with E-state index in [1.54, 1.807) is 10.9 Å². The summed E-state index contributed by atoms with van der Waals surface area (Å²) in [6.45, 7) is 1.87. The zero-order valence-corrected chi connectivity index (χ0v) is 13.0. The normalized spacial score (nSPS) is 10.7. The van der Waals surface area contributed by atoms with E-state index >= 15 is 0 Å². The van der Waals surface area contributed by atoms with Crippen LogP contribution in [0.25, 0.3) is 28.3 Å². The summed E-state index contributed by atoms with van der Waals surface area (Å²) in [7, 11) is 0. The Morgan fingerprint density at radius 2 is 1.58 bits per heavy atom. The summed E-state index contributed by atoms with van der Waals surface area (Å²) in [4.78, 5) is 8.95. The second-order valence-corrected chi connectivity index (χ2v) is 5.30. The average molecular weight is 314 g/mol. The van der Waals surface area contributed by atoms with Gasteiger partial charge in [-0.05, 0) is 29.5 Å². The highest BCUT2D eigenvalue weighted by molar-refractivity contribution is 5.77. The number of nitrogens with zero attached hydrogens (tertiary/aromatic N) is 6. The molecule has 6 heteroatoms. The molecule has 2 heterocycles. The summed E-state index contributed by atoms with van der Waals surface area (Å²) >= 11 is 0. The molecule has 0 N–H and O–H groups in total. The summed E-state index contributed by atoms with van der Waals surface area (Å²) in [5, 5.41) is 12.2. The van der Waals surface area contributed by atoms with Crippen LogP contribution < -0.4 is 0 Å².